The molecule has 1 aromatic heterocycles. The van der Waals surface area contributed by atoms with Gasteiger partial charge < -0.3 is 15.0 Å². The molecule has 1 aromatic carbocycles. The Bertz CT molecular complexity index is 779. The van der Waals surface area contributed by atoms with Gasteiger partial charge >= 0.3 is 0 Å². The van der Waals surface area contributed by atoms with Gasteiger partial charge in [0.25, 0.3) is 0 Å². The Kier molecular flexibility index (Phi) is 5.33. The molecule has 0 unspecified atom stereocenters. The predicted octanol–water partition coefficient (Wildman–Crippen LogP) is 3.23. The standard InChI is InChI=1S/C18H18BrN3O3/c1-2-25-15-6-4-3-5-14(15)22-11-12(9-17(22)23)18(24)21-16-8-7-13(19)10-20-16/h3-8,10,12H,2,9,11H2,1H3,(H,20,21,24)/t12-/m1/s1. The van der Waals surface area contributed by atoms with E-state index in [0.29, 0.717) is 30.4 Å². The summed E-state index contributed by atoms with van der Waals surface area (Å²) in [5, 5.41) is 2.76. The van der Waals surface area contributed by atoms with Crippen molar-refractivity contribution < 1.29 is 14.3 Å². The lowest BCUT2D eigenvalue weighted by atomic mass is 10.1. The smallest absolute Gasteiger partial charge is 0.230 e. The number of hydrogen-bond donors (Lipinski definition) is 1. The Morgan fingerprint density at radius 2 is 2.16 bits per heavy atom. The molecule has 25 heavy (non-hydrogen) atoms. The number of amides is 2. The molecule has 0 bridgehead atoms. The van der Waals surface area contributed by atoms with Crippen LogP contribution in [0.3, 0.4) is 0 Å². The molecule has 1 aliphatic rings. The van der Waals surface area contributed by atoms with Crippen LogP contribution in [0.1, 0.15) is 13.3 Å². The van der Waals surface area contributed by atoms with E-state index in [0.717, 1.165) is 4.47 Å². The van der Waals surface area contributed by atoms with Crippen LogP contribution in [-0.4, -0.2) is 29.9 Å². The van der Waals surface area contributed by atoms with Gasteiger partial charge in [0.15, 0.2) is 0 Å². The number of carbonyl (C=O) groups excluding carboxylic acids is 2. The molecule has 0 saturated carbocycles. The average molecular weight is 404 g/mol. The lowest BCUT2D eigenvalue weighted by Gasteiger charge is -2.20. The van der Waals surface area contributed by atoms with Gasteiger partial charge in [-0.2, -0.15) is 0 Å². The van der Waals surface area contributed by atoms with Crippen LogP contribution in [0.5, 0.6) is 5.75 Å². The number of para-hydroxylation sites is 2. The Labute approximate surface area is 154 Å². The minimum Gasteiger partial charge on any atom is -0.492 e. The highest BCUT2D eigenvalue weighted by Crippen LogP contribution is 2.33. The van der Waals surface area contributed by atoms with Crippen LogP contribution in [0.2, 0.25) is 0 Å². The van der Waals surface area contributed by atoms with Crippen LogP contribution in [-0.2, 0) is 9.59 Å². The van der Waals surface area contributed by atoms with E-state index in [4.69, 9.17) is 4.74 Å². The highest BCUT2D eigenvalue weighted by Gasteiger charge is 2.36. The van der Waals surface area contributed by atoms with Crippen LogP contribution in [0, 0.1) is 5.92 Å². The van der Waals surface area contributed by atoms with Gasteiger partial charge in [-0.15, -0.1) is 0 Å². The summed E-state index contributed by atoms with van der Waals surface area (Å²) < 4.78 is 6.42. The molecule has 7 heteroatoms. The van der Waals surface area contributed by atoms with Crippen molar-refractivity contribution in [1.29, 1.82) is 0 Å². The third-order valence-corrected chi connectivity index (χ3v) is 4.40. The number of hydrogen-bond acceptors (Lipinski definition) is 4. The highest BCUT2D eigenvalue weighted by atomic mass is 79.9. The number of nitrogens with zero attached hydrogens (tertiary/aromatic N) is 2. The fraction of sp³-hybridized carbons (Fsp3) is 0.278. The molecule has 3 rings (SSSR count). The number of ether oxygens (including phenoxy) is 1. The molecule has 130 valence electrons. The molecule has 2 amide bonds. The quantitative estimate of drug-likeness (QED) is 0.831. The first-order chi connectivity index (χ1) is 12.1. The Balaban J connectivity index is 1.72. The van der Waals surface area contributed by atoms with E-state index in [1.54, 1.807) is 23.2 Å². The maximum absolute atomic E-state index is 12.5. The van der Waals surface area contributed by atoms with Gasteiger partial charge in [0.05, 0.1) is 18.2 Å². The molecule has 0 radical (unpaired) electrons. The summed E-state index contributed by atoms with van der Waals surface area (Å²) in [6.07, 6.45) is 1.78. The van der Waals surface area contributed by atoms with Crippen molar-refractivity contribution in [3.05, 3.63) is 47.1 Å². The van der Waals surface area contributed by atoms with Crippen molar-refractivity contribution in [2.75, 3.05) is 23.4 Å². The molecule has 6 nitrogen and oxygen atoms in total. The summed E-state index contributed by atoms with van der Waals surface area (Å²) in [7, 11) is 0. The zero-order valence-electron chi connectivity index (χ0n) is 13.7. The Morgan fingerprint density at radius 3 is 2.88 bits per heavy atom. The first kappa shape index (κ1) is 17.4. The van der Waals surface area contributed by atoms with Crippen LogP contribution < -0.4 is 15.0 Å². The van der Waals surface area contributed by atoms with Gasteiger partial charge in [0, 0.05) is 23.6 Å². The Hall–Kier alpha value is -2.41. The summed E-state index contributed by atoms with van der Waals surface area (Å²) in [4.78, 5) is 30.6. The molecule has 1 aliphatic heterocycles. The number of pyridine rings is 1. The summed E-state index contributed by atoms with van der Waals surface area (Å²) in [6.45, 7) is 2.73. The first-order valence-corrected chi connectivity index (χ1v) is 8.82. The second kappa shape index (κ2) is 7.65. The van der Waals surface area contributed by atoms with Gasteiger partial charge in [0.2, 0.25) is 11.8 Å². The van der Waals surface area contributed by atoms with Crippen LogP contribution >= 0.6 is 15.9 Å². The van der Waals surface area contributed by atoms with E-state index in [1.807, 2.05) is 31.2 Å². The number of anilines is 2. The molecule has 0 aliphatic carbocycles. The SMILES string of the molecule is CCOc1ccccc1N1C[C@H](C(=O)Nc2ccc(Br)cn2)CC1=O. The highest BCUT2D eigenvalue weighted by molar-refractivity contribution is 9.10. The van der Waals surface area contributed by atoms with E-state index < -0.39 is 5.92 Å². The number of nitrogens with one attached hydrogen (secondary N) is 1. The molecule has 2 aromatic rings. The lowest BCUT2D eigenvalue weighted by molar-refractivity contribution is -0.122. The summed E-state index contributed by atoms with van der Waals surface area (Å²) in [6, 6.07) is 10.9. The topological polar surface area (TPSA) is 71.5 Å². The predicted molar refractivity (Wildman–Crippen MR) is 98.6 cm³/mol. The van der Waals surface area contributed by atoms with E-state index in [1.165, 1.54) is 0 Å². The Morgan fingerprint density at radius 1 is 1.36 bits per heavy atom. The van der Waals surface area contributed by atoms with E-state index in [9.17, 15) is 9.59 Å². The van der Waals surface area contributed by atoms with Crippen molar-refractivity contribution in [3.63, 3.8) is 0 Å². The fourth-order valence-electron chi connectivity index (χ4n) is 2.75. The normalized spacial score (nSPS) is 16.8. The summed E-state index contributed by atoms with van der Waals surface area (Å²) >= 11 is 3.30. The molecular formula is C18H18BrN3O3. The number of benzene rings is 1. The fourth-order valence-corrected chi connectivity index (χ4v) is 2.99. The molecule has 1 atom stereocenters. The maximum atomic E-state index is 12.5. The minimum absolute atomic E-state index is 0.0870. The number of rotatable bonds is 5. The van der Waals surface area contributed by atoms with E-state index in [2.05, 4.69) is 26.2 Å². The van der Waals surface area contributed by atoms with Gasteiger partial charge in [-0.3, -0.25) is 9.59 Å². The largest absolute Gasteiger partial charge is 0.492 e. The lowest BCUT2D eigenvalue weighted by Crippen LogP contribution is -2.28. The first-order valence-electron chi connectivity index (χ1n) is 8.03. The zero-order chi connectivity index (χ0) is 17.8. The van der Waals surface area contributed by atoms with Gasteiger partial charge in [0.1, 0.15) is 11.6 Å². The summed E-state index contributed by atoms with van der Waals surface area (Å²) in [5.74, 6) is 0.395. The molecule has 1 saturated heterocycles. The van der Waals surface area contributed by atoms with E-state index >= 15 is 0 Å². The monoisotopic (exact) mass is 403 g/mol. The van der Waals surface area contributed by atoms with Crippen molar-refractivity contribution in [2.45, 2.75) is 13.3 Å². The third-order valence-electron chi connectivity index (χ3n) is 3.93. The van der Waals surface area contributed by atoms with Crippen molar-refractivity contribution >= 4 is 39.2 Å². The number of halogens is 1. The molecule has 1 fully saturated rings. The number of carbonyl (C=O) groups is 2. The van der Waals surface area contributed by atoms with Crippen LogP contribution in [0.4, 0.5) is 11.5 Å². The van der Waals surface area contributed by atoms with Crippen LogP contribution in [0.15, 0.2) is 47.1 Å². The maximum Gasteiger partial charge on any atom is 0.230 e. The van der Waals surface area contributed by atoms with E-state index in [-0.39, 0.29) is 18.2 Å². The average Bonchev–Trinajstić information content (AvgIpc) is 2.99. The zero-order valence-corrected chi connectivity index (χ0v) is 15.3. The molecular weight excluding hydrogens is 386 g/mol. The second-order valence-corrected chi connectivity index (χ2v) is 6.57. The summed E-state index contributed by atoms with van der Waals surface area (Å²) in [5.41, 5.74) is 0.700. The third kappa shape index (κ3) is 3.99. The molecule has 2 heterocycles. The molecule has 1 N–H and O–H groups in total. The van der Waals surface area contributed by atoms with Gasteiger partial charge in [-0.05, 0) is 47.1 Å². The van der Waals surface area contributed by atoms with Crippen molar-refractivity contribution in [2.24, 2.45) is 5.92 Å². The second-order valence-electron chi connectivity index (χ2n) is 5.66. The van der Waals surface area contributed by atoms with Gasteiger partial charge in [-0.1, -0.05) is 12.1 Å². The minimum atomic E-state index is -0.423. The van der Waals surface area contributed by atoms with Crippen molar-refractivity contribution in [3.8, 4) is 5.75 Å². The van der Waals surface area contributed by atoms with Crippen LogP contribution in [0.25, 0.3) is 0 Å². The molecule has 0 spiro atoms. The van der Waals surface area contributed by atoms with Gasteiger partial charge in [-0.25, -0.2) is 4.98 Å². The van der Waals surface area contributed by atoms with Crippen molar-refractivity contribution in [1.82, 2.24) is 4.98 Å². The number of aromatic nitrogens is 1.